The van der Waals surface area contributed by atoms with Crippen molar-refractivity contribution in [2.45, 2.75) is 134 Å². The van der Waals surface area contributed by atoms with E-state index in [2.05, 4.69) is 27.8 Å². The first-order valence-corrected chi connectivity index (χ1v) is 17.3. The maximum atomic E-state index is 16.2. The molecule has 0 heterocycles. The number of alkyl halides is 6. The van der Waals surface area contributed by atoms with Crippen LogP contribution in [0.25, 0.3) is 0 Å². The third kappa shape index (κ3) is 7.42. The van der Waals surface area contributed by atoms with Crippen LogP contribution >= 0.6 is 15.9 Å². The van der Waals surface area contributed by atoms with Crippen LogP contribution in [0.15, 0.2) is 16.6 Å². The zero-order chi connectivity index (χ0) is 32.5. The first kappa shape index (κ1) is 35.8. The Bertz CT molecular complexity index is 1110. The number of halogens is 7. The van der Waals surface area contributed by atoms with Crippen molar-refractivity contribution in [1.29, 1.82) is 0 Å². The molecule has 0 aromatic heterocycles. The van der Waals surface area contributed by atoms with Crippen LogP contribution in [-0.2, 0) is 6.42 Å². The van der Waals surface area contributed by atoms with E-state index in [9.17, 15) is 32.2 Å². The molecule has 3 aliphatic rings. The Morgan fingerprint density at radius 2 is 1.57 bits per heavy atom. The number of hydrogen-bond donors (Lipinski definition) is 2. The summed E-state index contributed by atoms with van der Waals surface area (Å²) < 4.78 is 79.6. The highest BCUT2D eigenvalue weighted by molar-refractivity contribution is 9.10. The van der Waals surface area contributed by atoms with Gasteiger partial charge in [-0.2, -0.15) is 22.0 Å². The van der Waals surface area contributed by atoms with Gasteiger partial charge < -0.3 is 15.1 Å². The molecule has 252 valence electrons. The van der Waals surface area contributed by atoms with E-state index >= 15 is 4.39 Å². The largest absolute Gasteiger partial charge is 0.507 e. The van der Waals surface area contributed by atoms with E-state index in [1.54, 1.807) is 6.07 Å². The highest BCUT2D eigenvalue weighted by atomic mass is 79.9. The van der Waals surface area contributed by atoms with Gasteiger partial charge in [0.15, 0.2) is 0 Å². The number of nitrogens with zero attached hydrogens (tertiary/aromatic N) is 1. The van der Waals surface area contributed by atoms with Crippen molar-refractivity contribution in [2.75, 3.05) is 20.1 Å². The van der Waals surface area contributed by atoms with Gasteiger partial charge in [0, 0.05) is 17.8 Å². The monoisotopic (exact) mass is 697 g/mol. The molecule has 0 saturated heterocycles. The van der Waals surface area contributed by atoms with Gasteiger partial charge in [-0.25, -0.2) is 4.39 Å². The molecule has 2 fully saturated rings. The second-order valence-electron chi connectivity index (χ2n) is 14.5. The van der Waals surface area contributed by atoms with Gasteiger partial charge in [0.1, 0.15) is 11.9 Å². The summed E-state index contributed by atoms with van der Waals surface area (Å²) >= 11 is 3.59. The third-order valence-electron chi connectivity index (χ3n) is 11.6. The minimum atomic E-state index is -5.46. The summed E-state index contributed by atoms with van der Waals surface area (Å²) in [5, 5.41) is 21.7. The van der Waals surface area contributed by atoms with E-state index in [4.69, 9.17) is 0 Å². The van der Waals surface area contributed by atoms with Crippen LogP contribution in [0.4, 0.5) is 26.3 Å². The lowest BCUT2D eigenvalue weighted by molar-refractivity contribution is -0.284. The van der Waals surface area contributed by atoms with Gasteiger partial charge in [-0.15, -0.1) is 0 Å². The topological polar surface area (TPSA) is 43.7 Å². The number of aliphatic hydroxyl groups is 1. The molecular weight excluding hydrogens is 648 g/mol. The Balaban J connectivity index is 1.24. The molecule has 0 amide bonds. The Hall–Kier alpha value is -1.00. The van der Waals surface area contributed by atoms with Crippen LogP contribution in [0.2, 0.25) is 0 Å². The highest BCUT2D eigenvalue weighted by Crippen LogP contribution is 2.66. The molecule has 0 bridgehead atoms. The Kier molecular flexibility index (Phi) is 11.4. The van der Waals surface area contributed by atoms with Crippen molar-refractivity contribution in [3.05, 3.63) is 27.7 Å². The van der Waals surface area contributed by atoms with Crippen molar-refractivity contribution >= 4 is 15.9 Å². The number of phenols is 1. The van der Waals surface area contributed by atoms with Crippen molar-refractivity contribution < 1.29 is 36.6 Å². The van der Waals surface area contributed by atoms with Gasteiger partial charge in [0.25, 0.3) is 0 Å². The molecule has 1 aromatic rings. The second kappa shape index (κ2) is 14.0. The van der Waals surface area contributed by atoms with Crippen LogP contribution in [0.1, 0.15) is 114 Å². The lowest BCUT2D eigenvalue weighted by atomic mass is 9.50. The zero-order valence-electron chi connectivity index (χ0n) is 26.3. The minimum absolute atomic E-state index is 0.125. The van der Waals surface area contributed by atoms with E-state index in [0.29, 0.717) is 30.2 Å². The number of phenolic OH excluding ortho intramolecular Hbond substituents is 1. The van der Waals surface area contributed by atoms with Gasteiger partial charge in [-0.3, -0.25) is 0 Å². The first-order chi connectivity index (χ1) is 20.5. The van der Waals surface area contributed by atoms with E-state index in [1.807, 2.05) is 20.0 Å². The standard InChI is InChI=1S/C34H50BrF6NO2/c1-31-21-26(36)29-23-13-14-27(43)30(35)24(23)20-22(28(29)25(31)15-17-32(31,2)44)12-8-7-11-19-42(3)18-10-6-4-5-9-16-33(37,38)34(39,40)41/h13-14,22,25-26,28-29,43-44H,4-12,15-21H2,1-3H3/t22?,25?,26-,28-,29?,31-,32+/m0/s1. The highest BCUT2D eigenvalue weighted by Gasteiger charge is 2.64. The molecule has 1 aromatic carbocycles. The lowest BCUT2D eigenvalue weighted by Gasteiger charge is -2.56. The number of hydrogen-bond acceptors (Lipinski definition) is 3. The maximum Gasteiger partial charge on any atom is 0.453 e. The van der Waals surface area contributed by atoms with Crippen LogP contribution in [0, 0.1) is 23.2 Å². The average Bonchev–Trinajstić information content (AvgIpc) is 3.17. The lowest BCUT2D eigenvalue weighted by Crippen LogP contribution is -2.55. The zero-order valence-corrected chi connectivity index (χ0v) is 27.9. The summed E-state index contributed by atoms with van der Waals surface area (Å²) in [6, 6.07) is 3.58. The van der Waals surface area contributed by atoms with Gasteiger partial charge in [0.2, 0.25) is 0 Å². The second-order valence-corrected chi connectivity index (χ2v) is 15.3. The first-order valence-electron chi connectivity index (χ1n) is 16.5. The normalized spacial score (nSPS) is 32.0. The fourth-order valence-corrected chi connectivity index (χ4v) is 9.31. The van der Waals surface area contributed by atoms with Gasteiger partial charge in [-0.05, 0) is 129 Å². The number of rotatable bonds is 14. The number of aromatic hydroxyl groups is 1. The predicted octanol–water partition coefficient (Wildman–Crippen LogP) is 9.97. The fourth-order valence-electron chi connectivity index (χ4n) is 8.79. The molecule has 0 aliphatic heterocycles. The molecular formula is C34H50BrF6NO2. The molecule has 3 unspecified atom stereocenters. The van der Waals surface area contributed by atoms with E-state index in [-0.39, 0.29) is 35.8 Å². The minimum Gasteiger partial charge on any atom is -0.507 e. The van der Waals surface area contributed by atoms with Crippen LogP contribution in [0.5, 0.6) is 5.75 Å². The maximum absolute atomic E-state index is 16.2. The summed E-state index contributed by atoms with van der Waals surface area (Å²) in [6.45, 7) is 5.76. The molecule has 44 heavy (non-hydrogen) atoms. The van der Waals surface area contributed by atoms with Gasteiger partial charge in [-0.1, -0.05) is 45.1 Å². The van der Waals surface area contributed by atoms with E-state index in [0.717, 1.165) is 75.6 Å². The third-order valence-corrected chi connectivity index (χ3v) is 12.5. The molecule has 4 rings (SSSR count). The SMILES string of the molecule is CN(CCCCCCCC(F)(F)C(F)(F)F)CCCCCC1Cc2c(ccc(O)c2Br)C2[C@@H]1C1CC[C@@](C)(O)[C@@]1(C)C[C@@H]2F. The summed E-state index contributed by atoms with van der Waals surface area (Å²) in [5.74, 6) is -3.94. The molecule has 7 atom stereocenters. The molecule has 0 radical (unpaired) electrons. The number of unbranched alkanes of at least 4 members (excludes halogenated alkanes) is 6. The summed E-state index contributed by atoms with van der Waals surface area (Å²) in [5.41, 5.74) is 0.715. The number of benzene rings is 1. The molecule has 3 nitrogen and oxygen atoms in total. The van der Waals surface area contributed by atoms with Gasteiger partial charge >= 0.3 is 12.1 Å². The van der Waals surface area contributed by atoms with Crippen molar-refractivity contribution in [3.63, 3.8) is 0 Å². The molecule has 0 spiro atoms. The van der Waals surface area contributed by atoms with E-state index < -0.39 is 35.7 Å². The van der Waals surface area contributed by atoms with E-state index in [1.165, 1.54) is 0 Å². The fraction of sp³-hybridized carbons (Fsp3) is 0.824. The van der Waals surface area contributed by atoms with Crippen molar-refractivity contribution in [2.24, 2.45) is 23.2 Å². The Morgan fingerprint density at radius 1 is 0.955 bits per heavy atom. The summed E-state index contributed by atoms with van der Waals surface area (Å²) in [4.78, 5) is 2.24. The number of fused-ring (bicyclic) bond motifs is 5. The average molecular weight is 699 g/mol. The Morgan fingerprint density at radius 3 is 2.23 bits per heavy atom. The van der Waals surface area contributed by atoms with Gasteiger partial charge in [0.05, 0.1) is 10.1 Å². The smallest absolute Gasteiger partial charge is 0.453 e. The predicted molar refractivity (Wildman–Crippen MR) is 165 cm³/mol. The molecule has 2 N–H and O–H groups in total. The van der Waals surface area contributed by atoms with Crippen molar-refractivity contribution in [3.8, 4) is 5.75 Å². The van der Waals surface area contributed by atoms with Crippen LogP contribution in [-0.4, -0.2) is 59.1 Å². The molecule has 3 aliphatic carbocycles. The molecule has 2 saturated carbocycles. The van der Waals surface area contributed by atoms with Crippen LogP contribution < -0.4 is 0 Å². The van der Waals surface area contributed by atoms with Crippen LogP contribution in [0.3, 0.4) is 0 Å². The molecule has 10 heteroatoms. The van der Waals surface area contributed by atoms with Crippen molar-refractivity contribution in [1.82, 2.24) is 4.90 Å². The summed E-state index contributed by atoms with van der Waals surface area (Å²) in [7, 11) is 2.05. The summed E-state index contributed by atoms with van der Waals surface area (Å²) in [6.07, 6.45) is 1.75. The quantitative estimate of drug-likeness (QED) is 0.150. The Labute approximate surface area is 267 Å².